The van der Waals surface area contributed by atoms with Crippen LogP contribution in [0.1, 0.15) is 11.5 Å². The molecular weight excluding hydrogens is 216 g/mol. The second-order valence-corrected chi connectivity index (χ2v) is 3.89. The van der Waals surface area contributed by atoms with E-state index in [0.717, 1.165) is 27.9 Å². The zero-order valence-electron chi connectivity index (χ0n) is 9.40. The van der Waals surface area contributed by atoms with Crippen LogP contribution in [0.3, 0.4) is 0 Å². The zero-order chi connectivity index (χ0) is 11.8. The Bertz CT molecular complexity index is 668. The van der Waals surface area contributed by atoms with Gasteiger partial charge in [-0.05, 0) is 18.2 Å². The Morgan fingerprint density at radius 3 is 3.12 bits per heavy atom. The van der Waals surface area contributed by atoms with Gasteiger partial charge in [0.25, 0.3) is 0 Å². The number of aryl methyl sites for hydroxylation is 1. The van der Waals surface area contributed by atoms with Crippen LogP contribution in [0.15, 0.2) is 28.8 Å². The lowest BCUT2D eigenvalue weighted by molar-refractivity contribution is 0.561. The van der Waals surface area contributed by atoms with Crippen molar-refractivity contribution in [2.75, 3.05) is 0 Å². The molecule has 5 heteroatoms. The summed E-state index contributed by atoms with van der Waals surface area (Å²) in [7, 11) is 0. The van der Waals surface area contributed by atoms with Gasteiger partial charge in [0, 0.05) is 24.6 Å². The van der Waals surface area contributed by atoms with Crippen molar-refractivity contribution in [2.45, 2.75) is 13.5 Å². The van der Waals surface area contributed by atoms with E-state index in [4.69, 9.17) is 10.2 Å². The molecule has 2 aromatic heterocycles. The average molecular weight is 228 g/mol. The summed E-state index contributed by atoms with van der Waals surface area (Å²) in [5, 5.41) is 6.96. The highest BCUT2D eigenvalue weighted by Gasteiger charge is 2.09. The Morgan fingerprint density at radius 2 is 2.29 bits per heavy atom. The molecule has 1 aromatic carbocycles. The summed E-state index contributed by atoms with van der Waals surface area (Å²) in [6.07, 6.45) is 1.74. The van der Waals surface area contributed by atoms with E-state index in [9.17, 15) is 0 Å². The number of oxazole rings is 1. The number of nitrogens with zero attached hydrogens (tertiary/aromatic N) is 2. The van der Waals surface area contributed by atoms with Crippen LogP contribution in [0.5, 0.6) is 0 Å². The van der Waals surface area contributed by atoms with E-state index in [1.165, 1.54) is 0 Å². The molecule has 3 N–H and O–H groups in total. The number of H-pyrrole nitrogens is 1. The Hall–Kier alpha value is -2.14. The number of fused-ring (bicyclic) bond motifs is 1. The van der Waals surface area contributed by atoms with Gasteiger partial charge in [-0.3, -0.25) is 5.10 Å². The number of rotatable bonds is 2. The monoisotopic (exact) mass is 228 g/mol. The third-order valence-electron chi connectivity index (χ3n) is 2.72. The molecule has 3 aromatic rings. The van der Waals surface area contributed by atoms with Gasteiger partial charge in [0.05, 0.1) is 11.9 Å². The molecule has 0 fully saturated rings. The van der Waals surface area contributed by atoms with E-state index < -0.39 is 0 Å². The maximum Gasteiger partial charge on any atom is 0.192 e. The highest BCUT2D eigenvalue weighted by atomic mass is 16.3. The van der Waals surface area contributed by atoms with Crippen LogP contribution < -0.4 is 5.73 Å². The van der Waals surface area contributed by atoms with Crippen LogP contribution in [0.25, 0.3) is 22.4 Å². The van der Waals surface area contributed by atoms with Crippen molar-refractivity contribution in [1.82, 2.24) is 15.2 Å². The van der Waals surface area contributed by atoms with Crippen LogP contribution >= 0.6 is 0 Å². The first-order valence-electron chi connectivity index (χ1n) is 5.38. The minimum absolute atomic E-state index is 0.460. The molecule has 0 aliphatic rings. The fourth-order valence-corrected chi connectivity index (χ4v) is 1.91. The third kappa shape index (κ3) is 1.60. The van der Waals surface area contributed by atoms with E-state index in [0.29, 0.717) is 12.4 Å². The van der Waals surface area contributed by atoms with Gasteiger partial charge in [-0.2, -0.15) is 5.10 Å². The molecule has 5 nitrogen and oxygen atoms in total. The second kappa shape index (κ2) is 3.71. The minimum atomic E-state index is 0.460. The van der Waals surface area contributed by atoms with E-state index in [2.05, 4.69) is 15.2 Å². The highest BCUT2D eigenvalue weighted by Crippen LogP contribution is 2.25. The van der Waals surface area contributed by atoms with Gasteiger partial charge in [-0.25, -0.2) is 4.98 Å². The predicted molar refractivity (Wildman–Crippen MR) is 64.2 cm³/mol. The van der Waals surface area contributed by atoms with Gasteiger partial charge >= 0.3 is 0 Å². The summed E-state index contributed by atoms with van der Waals surface area (Å²) < 4.78 is 5.44. The highest BCUT2D eigenvalue weighted by molar-refractivity contribution is 5.80. The first-order chi connectivity index (χ1) is 8.28. The number of aromatic amines is 1. The number of hydrogen-bond donors (Lipinski definition) is 2. The number of aromatic nitrogens is 3. The molecule has 0 atom stereocenters. The van der Waals surface area contributed by atoms with E-state index in [1.54, 1.807) is 6.20 Å². The topological polar surface area (TPSA) is 80.7 Å². The Labute approximate surface area is 97.7 Å². The van der Waals surface area contributed by atoms with Gasteiger partial charge in [0.2, 0.25) is 0 Å². The molecule has 17 heavy (non-hydrogen) atoms. The van der Waals surface area contributed by atoms with Crippen LogP contribution in [0, 0.1) is 6.92 Å². The number of nitrogens with two attached hydrogens (primary N) is 1. The molecule has 0 spiro atoms. The van der Waals surface area contributed by atoms with Crippen molar-refractivity contribution in [3.63, 3.8) is 0 Å². The Kier molecular flexibility index (Phi) is 2.19. The summed E-state index contributed by atoms with van der Waals surface area (Å²) in [5.41, 5.74) is 10.2. The van der Waals surface area contributed by atoms with E-state index in [-0.39, 0.29) is 0 Å². The molecule has 3 rings (SSSR count). The fourth-order valence-electron chi connectivity index (χ4n) is 1.91. The molecule has 0 radical (unpaired) electrons. The van der Waals surface area contributed by atoms with Crippen LogP contribution in [0.2, 0.25) is 0 Å². The molecular formula is C12H12N4O. The Morgan fingerprint density at radius 1 is 1.41 bits per heavy atom. The molecule has 0 unspecified atom stereocenters. The first-order valence-corrected chi connectivity index (χ1v) is 5.38. The lowest BCUT2D eigenvalue weighted by Gasteiger charge is -2.00. The average Bonchev–Trinajstić information content (AvgIpc) is 2.91. The summed E-state index contributed by atoms with van der Waals surface area (Å²) >= 11 is 0. The molecule has 0 bridgehead atoms. The van der Waals surface area contributed by atoms with Crippen molar-refractivity contribution in [3.8, 4) is 11.3 Å². The van der Waals surface area contributed by atoms with Crippen molar-refractivity contribution in [1.29, 1.82) is 0 Å². The summed E-state index contributed by atoms with van der Waals surface area (Å²) in [4.78, 5) is 4.31. The van der Waals surface area contributed by atoms with Crippen molar-refractivity contribution in [3.05, 3.63) is 35.9 Å². The lowest BCUT2D eigenvalue weighted by Crippen LogP contribution is -1.96. The van der Waals surface area contributed by atoms with Crippen LogP contribution in [-0.4, -0.2) is 15.2 Å². The molecule has 0 amide bonds. The number of hydrogen-bond acceptors (Lipinski definition) is 4. The smallest absolute Gasteiger partial charge is 0.192 e. The maximum absolute atomic E-state index is 5.66. The molecule has 0 aliphatic heterocycles. The SMILES string of the molecule is Cc1nc2cc(-c3[nH]ncc3CN)ccc2o1. The van der Waals surface area contributed by atoms with Gasteiger partial charge in [0.15, 0.2) is 11.5 Å². The van der Waals surface area contributed by atoms with Crippen molar-refractivity contribution in [2.24, 2.45) is 5.73 Å². The maximum atomic E-state index is 5.66. The van der Waals surface area contributed by atoms with E-state index in [1.807, 2.05) is 25.1 Å². The lowest BCUT2D eigenvalue weighted by atomic mass is 10.1. The fraction of sp³-hybridized carbons (Fsp3) is 0.167. The van der Waals surface area contributed by atoms with Crippen LogP contribution in [0.4, 0.5) is 0 Å². The van der Waals surface area contributed by atoms with E-state index >= 15 is 0 Å². The molecule has 0 saturated carbocycles. The quantitative estimate of drug-likeness (QED) is 0.702. The second-order valence-electron chi connectivity index (χ2n) is 3.89. The third-order valence-corrected chi connectivity index (χ3v) is 2.72. The van der Waals surface area contributed by atoms with Gasteiger partial charge in [-0.1, -0.05) is 0 Å². The molecule has 0 saturated heterocycles. The van der Waals surface area contributed by atoms with Crippen molar-refractivity contribution >= 4 is 11.1 Å². The summed E-state index contributed by atoms with van der Waals surface area (Å²) in [6.45, 7) is 2.29. The molecule has 0 aliphatic carbocycles. The first kappa shape index (κ1) is 10.0. The molecule has 86 valence electrons. The number of nitrogens with one attached hydrogen (secondary N) is 1. The predicted octanol–water partition coefficient (Wildman–Crippen LogP) is 1.99. The van der Waals surface area contributed by atoms with Gasteiger partial charge in [0.1, 0.15) is 5.52 Å². The Balaban J connectivity index is 2.17. The van der Waals surface area contributed by atoms with Gasteiger partial charge < -0.3 is 10.2 Å². The number of benzene rings is 1. The van der Waals surface area contributed by atoms with Crippen LogP contribution in [-0.2, 0) is 6.54 Å². The molecule has 2 heterocycles. The zero-order valence-corrected chi connectivity index (χ0v) is 9.40. The largest absolute Gasteiger partial charge is 0.441 e. The summed E-state index contributed by atoms with van der Waals surface area (Å²) in [5.74, 6) is 0.667. The summed E-state index contributed by atoms with van der Waals surface area (Å²) in [6, 6.07) is 5.85. The minimum Gasteiger partial charge on any atom is -0.441 e. The normalized spacial score (nSPS) is 11.2. The standard InChI is InChI=1S/C12H12N4O/c1-7-15-10-4-8(2-3-11(10)17-7)12-9(5-13)6-14-16-12/h2-4,6H,5,13H2,1H3,(H,14,16). The van der Waals surface area contributed by atoms with Gasteiger partial charge in [-0.15, -0.1) is 0 Å². The van der Waals surface area contributed by atoms with Crippen molar-refractivity contribution < 1.29 is 4.42 Å².